The van der Waals surface area contributed by atoms with Crippen molar-refractivity contribution in [1.29, 1.82) is 0 Å². The summed E-state index contributed by atoms with van der Waals surface area (Å²) in [5.41, 5.74) is 2.19. The smallest absolute Gasteiger partial charge is 0.0547 e. The van der Waals surface area contributed by atoms with E-state index in [0.29, 0.717) is 4.75 Å². The maximum atomic E-state index is 4.22. The topological polar surface area (TPSA) is 37.0 Å². The second kappa shape index (κ2) is 4.95. The van der Waals surface area contributed by atoms with Crippen molar-refractivity contribution in [2.75, 3.05) is 30.0 Å². The molecule has 2 rings (SSSR count). The molecule has 1 aromatic rings. The third-order valence-electron chi connectivity index (χ3n) is 2.97. The zero-order valence-electron chi connectivity index (χ0n) is 9.92. The fraction of sp³-hybridized carbons (Fsp3) is 0.583. The standard InChI is InChI=1S/C12H19N3S/c1-3-14-10-6-11(8-13-7-10)15-9-12(16-2)4-5-12/h6-8,14-15H,3-5,9H2,1-2H3. The second-order valence-corrected chi connectivity index (χ2v) is 5.51. The average molecular weight is 237 g/mol. The molecule has 0 saturated heterocycles. The van der Waals surface area contributed by atoms with Crippen molar-refractivity contribution in [3.8, 4) is 0 Å². The molecule has 1 heterocycles. The first-order valence-electron chi connectivity index (χ1n) is 5.76. The molecule has 0 bridgehead atoms. The van der Waals surface area contributed by atoms with Gasteiger partial charge in [0.05, 0.1) is 23.8 Å². The molecule has 0 aromatic carbocycles. The third-order valence-corrected chi connectivity index (χ3v) is 4.39. The first-order chi connectivity index (χ1) is 7.78. The van der Waals surface area contributed by atoms with Crippen LogP contribution in [0.4, 0.5) is 11.4 Å². The predicted octanol–water partition coefficient (Wildman–Crippen LogP) is 2.82. The highest BCUT2D eigenvalue weighted by Gasteiger charge is 2.41. The zero-order chi connectivity index (χ0) is 11.4. The van der Waals surface area contributed by atoms with E-state index >= 15 is 0 Å². The lowest BCUT2D eigenvalue weighted by Gasteiger charge is -2.14. The van der Waals surface area contributed by atoms with Gasteiger partial charge in [-0.15, -0.1) is 0 Å². The van der Waals surface area contributed by atoms with Crippen molar-refractivity contribution in [3.63, 3.8) is 0 Å². The molecule has 0 unspecified atom stereocenters. The van der Waals surface area contributed by atoms with Crippen LogP contribution in [-0.2, 0) is 0 Å². The van der Waals surface area contributed by atoms with E-state index in [9.17, 15) is 0 Å². The SMILES string of the molecule is CCNc1cncc(NCC2(SC)CC2)c1. The summed E-state index contributed by atoms with van der Waals surface area (Å²) in [6, 6.07) is 2.12. The molecular weight excluding hydrogens is 218 g/mol. The molecule has 0 spiro atoms. The normalized spacial score (nSPS) is 16.9. The summed E-state index contributed by atoms with van der Waals surface area (Å²) in [7, 11) is 0. The van der Waals surface area contributed by atoms with Gasteiger partial charge in [-0.2, -0.15) is 11.8 Å². The lowest BCUT2D eigenvalue weighted by atomic mass is 10.3. The Hall–Kier alpha value is -0.900. The molecule has 1 aromatic heterocycles. The van der Waals surface area contributed by atoms with Gasteiger partial charge in [-0.1, -0.05) is 0 Å². The molecule has 1 fully saturated rings. The Balaban J connectivity index is 1.91. The van der Waals surface area contributed by atoms with Crippen LogP contribution in [0.15, 0.2) is 18.5 Å². The van der Waals surface area contributed by atoms with Gasteiger partial charge in [-0.3, -0.25) is 4.98 Å². The Morgan fingerprint density at radius 2 is 2.00 bits per heavy atom. The molecular formula is C12H19N3S. The molecule has 3 nitrogen and oxygen atoms in total. The minimum Gasteiger partial charge on any atom is -0.384 e. The molecule has 2 N–H and O–H groups in total. The van der Waals surface area contributed by atoms with E-state index in [0.717, 1.165) is 24.5 Å². The van der Waals surface area contributed by atoms with Crippen molar-refractivity contribution in [2.24, 2.45) is 0 Å². The van der Waals surface area contributed by atoms with Crippen LogP contribution in [0.1, 0.15) is 19.8 Å². The Morgan fingerprint density at radius 1 is 1.31 bits per heavy atom. The summed E-state index contributed by atoms with van der Waals surface area (Å²) < 4.78 is 0.494. The molecule has 1 aliphatic rings. The van der Waals surface area contributed by atoms with E-state index in [1.54, 1.807) is 0 Å². The van der Waals surface area contributed by atoms with E-state index in [1.165, 1.54) is 12.8 Å². The highest BCUT2D eigenvalue weighted by molar-refractivity contribution is 8.00. The number of nitrogens with zero attached hydrogens (tertiary/aromatic N) is 1. The van der Waals surface area contributed by atoms with Gasteiger partial charge >= 0.3 is 0 Å². The van der Waals surface area contributed by atoms with Crippen molar-refractivity contribution < 1.29 is 0 Å². The van der Waals surface area contributed by atoms with Crippen molar-refractivity contribution in [1.82, 2.24) is 4.98 Å². The number of thioether (sulfide) groups is 1. The first-order valence-corrected chi connectivity index (χ1v) is 6.98. The van der Waals surface area contributed by atoms with E-state index < -0.39 is 0 Å². The van der Waals surface area contributed by atoms with Crippen LogP contribution in [0, 0.1) is 0 Å². The lowest BCUT2D eigenvalue weighted by Crippen LogP contribution is -2.17. The van der Waals surface area contributed by atoms with Crippen LogP contribution < -0.4 is 10.6 Å². The van der Waals surface area contributed by atoms with E-state index in [4.69, 9.17) is 0 Å². The summed E-state index contributed by atoms with van der Waals surface area (Å²) >= 11 is 1.97. The molecule has 0 radical (unpaired) electrons. The number of anilines is 2. The van der Waals surface area contributed by atoms with Crippen LogP contribution in [0.5, 0.6) is 0 Å². The zero-order valence-corrected chi connectivity index (χ0v) is 10.7. The highest BCUT2D eigenvalue weighted by Crippen LogP contribution is 2.47. The fourth-order valence-electron chi connectivity index (χ4n) is 1.69. The largest absolute Gasteiger partial charge is 0.384 e. The Morgan fingerprint density at radius 3 is 2.56 bits per heavy atom. The number of aromatic nitrogens is 1. The van der Waals surface area contributed by atoms with Crippen LogP contribution in [0.3, 0.4) is 0 Å². The predicted molar refractivity (Wildman–Crippen MR) is 72.4 cm³/mol. The van der Waals surface area contributed by atoms with Gasteiger partial charge in [-0.25, -0.2) is 0 Å². The number of nitrogens with one attached hydrogen (secondary N) is 2. The lowest BCUT2D eigenvalue weighted by molar-refractivity contribution is 0.947. The van der Waals surface area contributed by atoms with Gasteiger partial charge in [-0.05, 0) is 32.1 Å². The van der Waals surface area contributed by atoms with Gasteiger partial charge in [0.15, 0.2) is 0 Å². The minimum atomic E-state index is 0.494. The second-order valence-electron chi connectivity index (χ2n) is 4.23. The summed E-state index contributed by atoms with van der Waals surface area (Å²) in [5.74, 6) is 0. The molecule has 88 valence electrons. The average Bonchev–Trinajstić information content (AvgIpc) is 3.08. The number of hydrogen-bond donors (Lipinski definition) is 2. The third kappa shape index (κ3) is 2.82. The van der Waals surface area contributed by atoms with Crippen molar-refractivity contribution in [2.45, 2.75) is 24.5 Å². The molecule has 0 aliphatic heterocycles. The van der Waals surface area contributed by atoms with E-state index in [1.807, 2.05) is 24.2 Å². The van der Waals surface area contributed by atoms with Gasteiger partial charge in [0.2, 0.25) is 0 Å². The summed E-state index contributed by atoms with van der Waals surface area (Å²) in [6.07, 6.45) is 8.61. The van der Waals surface area contributed by atoms with Gasteiger partial charge in [0, 0.05) is 17.8 Å². The number of hydrogen-bond acceptors (Lipinski definition) is 4. The van der Waals surface area contributed by atoms with Gasteiger partial charge in [0.25, 0.3) is 0 Å². The quantitative estimate of drug-likeness (QED) is 0.798. The fourth-order valence-corrected chi connectivity index (χ4v) is 2.42. The van der Waals surface area contributed by atoms with E-state index in [-0.39, 0.29) is 0 Å². The monoisotopic (exact) mass is 237 g/mol. The van der Waals surface area contributed by atoms with Gasteiger partial charge in [0.1, 0.15) is 0 Å². The maximum Gasteiger partial charge on any atom is 0.0547 e. The Kier molecular flexibility index (Phi) is 3.59. The summed E-state index contributed by atoms with van der Waals surface area (Å²) in [6.45, 7) is 4.07. The van der Waals surface area contributed by atoms with Crippen molar-refractivity contribution in [3.05, 3.63) is 18.5 Å². The maximum absolute atomic E-state index is 4.22. The van der Waals surface area contributed by atoms with Crippen LogP contribution in [0.2, 0.25) is 0 Å². The molecule has 1 aliphatic carbocycles. The van der Waals surface area contributed by atoms with Crippen LogP contribution in [0.25, 0.3) is 0 Å². The highest BCUT2D eigenvalue weighted by atomic mass is 32.2. The number of rotatable bonds is 6. The molecule has 0 amide bonds. The Labute approximate surface area is 101 Å². The molecule has 4 heteroatoms. The van der Waals surface area contributed by atoms with Crippen molar-refractivity contribution >= 4 is 23.1 Å². The van der Waals surface area contributed by atoms with E-state index in [2.05, 4.69) is 34.9 Å². The molecule has 0 atom stereocenters. The molecule has 16 heavy (non-hydrogen) atoms. The summed E-state index contributed by atoms with van der Waals surface area (Å²) in [5, 5.41) is 6.74. The summed E-state index contributed by atoms with van der Waals surface area (Å²) in [4.78, 5) is 4.22. The number of pyridine rings is 1. The van der Waals surface area contributed by atoms with Gasteiger partial charge < -0.3 is 10.6 Å². The van der Waals surface area contributed by atoms with Crippen LogP contribution >= 0.6 is 11.8 Å². The van der Waals surface area contributed by atoms with Crippen LogP contribution in [-0.4, -0.2) is 29.1 Å². The Bertz CT molecular complexity index is 350. The first kappa shape index (κ1) is 11.6. The minimum absolute atomic E-state index is 0.494. The molecule has 1 saturated carbocycles.